The largest absolute Gasteiger partial charge is 0.339 e. The summed E-state index contributed by atoms with van der Waals surface area (Å²) in [5, 5.41) is 12.8. The van der Waals surface area contributed by atoms with Crippen molar-refractivity contribution in [3.05, 3.63) is 35.4 Å². The Morgan fingerprint density at radius 3 is 2.57 bits per heavy atom. The zero-order chi connectivity index (χ0) is 15.7. The molecule has 5 heteroatoms. The summed E-state index contributed by atoms with van der Waals surface area (Å²) in [4.78, 5) is 15.1. The first kappa shape index (κ1) is 17.8. The van der Waals surface area contributed by atoms with Crippen molar-refractivity contribution < 1.29 is 4.79 Å². The second kappa shape index (κ2) is 6.90. The predicted molar refractivity (Wildman–Crippen MR) is 92.5 cm³/mol. The molecule has 1 unspecified atom stereocenters. The number of carbonyl (C=O) groups excluding carboxylic acids is 1. The van der Waals surface area contributed by atoms with Crippen LogP contribution in [0.4, 0.5) is 0 Å². The summed E-state index contributed by atoms with van der Waals surface area (Å²) in [7, 11) is 0. The van der Waals surface area contributed by atoms with Crippen LogP contribution in [0.15, 0.2) is 24.3 Å². The molecule has 1 aromatic rings. The fourth-order valence-corrected chi connectivity index (χ4v) is 4.07. The Kier molecular flexibility index (Phi) is 5.33. The molecule has 1 N–H and O–H groups in total. The van der Waals surface area contributed by atoms with Crippen molar-refractivity contribution in [2.45, 2.75) is 38.6 Å². The molecule has 1 amide bonds. The smallest absolute Gasteiger partial charge is 0.229 e. The summed E-state index contributed by atoms with van der Waals surface area (Å²) >= 11 is 0. The minimum atomic E-state index is -0.331. The zero-order valence-corrected chi connectivity index (χ0v) is 14.5. The number of likely N-dealkylation sites (tertiary alicyclic amines) is 1. The van der Waals surface area contributed by atoms with Gasteiger partial charge in [-0.15, -0.1) is 12.4 Å². The first-order valence-electron chi connectivity index (χ1n) is 8.11. The molecular formula is C18H24ClN3O. The maximum atomic E-state index is 13.1. The highest BCUT2D eigenvalue weighted by Gasteiger charge is 2.55. The highest BCUT2D eigenvalue weighted by molar-refractivity contribution is 5.87. The van der Waals surface area contributed by atoms with Gasteiger partial charge in [-0.2, -0.15) is 5.26 Å². The highest BCUT2D eigenvalue weighted by Crippen LogP contribution is 2.50. The summed E-state index contributed by atoms with van der Waals surface area (Å²) in [5.74, 6) is 0.405. The number of halogens is 1. The van der Waals surface area contributed by atoms with Gasteiger partial charge in [0.2, 0.25) is 5.91 Å². The van der Waals surface area contributed by atoms with Gasteiger partial charge in [0.25, 0.3) is 0 Å². The van der Waals surface area contributed by atoms with Crippen molar-refractivity contribution in [3.63, 3.8) is 0 Å². The molecule has 0 aliphatic carbocycles. The number of carbonyl (C=O) groups is 1. The summed E-state index contributed by atoms with van der Waals surface area (Å²) in [6.07, 6.45) is 1.72. The molecule has 2 fully saturated rings. The third-order valence-corrected chi connectivity index (χ3v) is 5.31. The molecule has 2 aliphatic heterocycles. The lowest BCUT2D eigenvalue weighted by Gasteiger charge is -2.37. The third-order valence-electron chi connectivity index (χ3n) is 5.31. The zero-order valence-electron chi connectivity index (χ0n) is 13.7. The van der Waals surface area contributed by atoms with Crippen LogP contribution >= 0.6 is 12.4 Å². The maximum absolute atomic E-state index is 13.1. The van der Waals surface area contributed by atoms with Crippen molar-refractivity contribution in [2.24, 2.45) is 5.41 Å². The molecule has 1 spiro atoms. The van der Waals surface area contributed by atoms with Gasteiger partial charge in [0.1, 0.15) is 0 Å². The Bertz CT molecular complexity index is 617. The molecule has 2 aliphatic rings. The van der Waals surface area contributed by atoms with Gasteiger partial charge in [-0.3, -0.25) is 4.79 Å². The van der Waals surface area contributed by atoms with E-state index in [2.05, 4.69) is 25.2 Å². The van der Waals surface area contributed by atoms with Gasteiger partial charge in [0, 0.05) is 18.5 Å². The van der Waals surface area contributed by atoms with Gasteiger partial charge in [0.15, 0.2) is 0 Å². The standard InChI is InChI=1S/C18H23N3O.ClH/c1-13(2)21-12-16(15-6-4-3-5-14(15)11-19)18(17(21)22)7-9-20-10-8-18;/h3-6,13,16,20H,7-10,12H2,1-2H3;1H. The van der Waals surface area contributed by atoms with E-state index >= 15 is 0 Å². The van der Waals surface area contributed by atoms with Gasteiger partial charge in [-0.05, 0) is 51.4 Å². The molecule has 0 aromatic heterocycles. The van der Waals surface area contributed by atoms with Crippen molar-refractivity contribution >= 4 is 18.3 Å². The van der Waals surface area contributed by atoms with Crippen LogP contribution in [0.2, 0.25) is 0 Å². The molecule has 1 atom stereocenters. The monoisotopic (exact) mass is 333 g/mol. The third kappa shape index (κ3) is 2.84. The van der Waals surface area contributed by atoms with Crippen molar-refractivity contribution in [3.8, 4) is 6.07 Å². The number of hydrogen-bond donors (Lipinski definition) is 1. The van der Waals surface area contributed by atoms with E-state index in [0.717, 1.165) is 38.0 Å². The van der Waals surface area contributed by atoms with Crippen molar-refractivity contribution in [1.29, 1.82) is 5.26 Å². The van der Waals surface area contributed by atoms with Crippen molar-refractivity contribution in [1.82, 2.24) is 10.2 Å². The van der Waals surface area contributed by atoms with Crippen LogP contribution in [0.1, 0.15) is 43.7 Å². The van der Waals surface area contributed by atoms with Gasteiger partial charge < -0.3 is 10.2 Å². The maximum Gasteiger partial charge on any atom is 0.229 e. The van der Waals surface area contributed by atoms with E-state index in [1.54, 1.807) is 0 Å². The Morgan fingerprint density at radius 1 is 1.30 bits per heavy atom. The number of amides is 1. The molecule has 0 bridgehead atoms. The van der Waals surface area contributed by atoms with Crippen LogP contribution < -0.4 is 5.32 Å². The quantitative estimate of drug-likeness (QED) is 0.905. The number of hydrogen-bond acceptors (Lipinski definition) is 3. The Hall–Kier alpha value is -1.57. The predicted octanol–water partition coefficient (Wildman–Crippen LogP) is 2.68. The van der Waals surface area contributed by atoms with Crippen LogP contribution in [0.5, 0.6) is 0 Å². The summed E-state index contributed by atoms with van der Waals surface area (Å²) < 4.78 is 0. The van der Waals surface area contributed by atoms with Gasteiger partial charge in [0.05, 0.1) is 17.0 Å². The second-order valence-corrected chi connectivity index (χ2v) is 6.71. The lowest BCUT2D eigenvalue weighted by atomic mass is 9.67. The Morgan fingerprint density at radius 2 is 1.96 bits per heavy atom. The topological polar surface area (TPSA) is 56.1 Å². The van der Waals surface area contributed by atoms with E-state index in [9.17, 15) is 10.1 Å². The van der Waals surface area contributed by atoms with E-state index in [4.69, 9.17) is 0 Å². The second-order valence-electron chi connectivity index (χ2n) is 6.71. The average Bonchev–Trinajstić information content (AvgIpc) is 2.81. The molecule has 1 aromatic carbocycles. The molecule has 0 saturated carbocycles. The molecule has 0 radical (unpaired) electrons. The van der Waals surface area contributed by atoms with E-state index in [0.29, 0.717) is 5.56 Å². The molecule has 3 rings (SSSR count). The van der Waals surface area contributed by atoms with Crippen LogP contribution in [-0.2, 0) is 4.79 Å². The average molecular weight is 334 g/mol. The van der Waals surface area contributed by atoms with E-state index in [-0.39, 0.29) is 35.7 Å². The van der Waals surface area contributed by atoms with E-state index in [1.807, 2.05) is 29.2 Å². The van der Waals surface area contributed by atoms with Crippen LogP contribution in [-0.4, -0.2) is 36.5 Å². The van der Waals surface area contributed by atoms with E-state index in [1.165, 1.54) is 0 Å². The molecular weight excluding hydrogens is 310 g/mol. The minimum absolute atomic E-state index is 0. The van der Waals surface area contributed by atoms with Crippen LogP contribution in [0.3, 0.4) is 0 Å². The fraction of sp³-hybridized carbons (Fsp3) is 0.556. The highest BCUT2D eigenvalue weighted by atomic mass is 35.5. The molecule has 124 valence electrons. The first-order valence-corrected chi connectivity index (χ1v) is 8.11. The SMILES string of the molecule is CC(C)N1CC(c2ccccc2C#N)C2(CCNCC2)C1=O.Cl. The van der Waals surface area contributed by atoms with Crippen LogP contribution in [0.25, 0.3) is 0 Å². The first-order chi connectivity index (χ1) is 10.6. The lowest BCUT2D eigenvalue weighted by Crippen LogP contribution is -2.45. The number of nitrogens with one attached hydrogen (secondary N) is 1. The van der Waals surface area contributed by atoms with Gasteiger partial charge >= 0.3 is 0 Å². The lowest BCUT2D eigenvalue weighted by molar-refractivity contribution is -0.139. The molecule has 23 heavy (non-hydrogen) atoms. The van der Waals surface area contributed by atoms with Gasteiger partial charge in [-0.1, -0.05) is 18.2 Å². The molecule has 4 nitrogen and oxygen atoms in total. The summed E-state index contributed by atoms with van der Waals surface area (Å²) in [5.41, 5.74) is 1.43. The molecule has 2 heterocycles. The Labute approximate surface area is 144 Å². The Balaban J connectivity index is 0.00000192. The number of nitriles is 1. The molecule has 2 saturated heterocycles. The van der Waals surface area contributed by atoms with Crippen LogP contribution in [0, 0.1) is 16.7 Å². The normalized spacial score (nSPS) is 23.0. The number of benzene rings is 1. The minimum Gasteiger partial charge on any atom is -0.339 e. The number of piperidine rings is 1. The summed E-state index contributed by atoms with van der Waals surface area (Å²) in [6.45, 7) is 6.64. The fourth-order valence-electron chi connectivity index (χ4n) is 4.07. The number of nitrogens with zero attached hydrogens (tertiary/aromatic N) is 2. The summed E-state index contributed by atoms with van der Waals surface area (Å²) in [6, 6.07) is 10.3. The van der Waals surface area contributed by atoms with E-state index < -0.39 is 0 Å². The van der Waals surface area contributed by atoms with Gasteiger partial charge in [-0.25, -0.2) is 0 Å². The number of rotatable bonds is 2. The van der Waals surface area contributed by atoms with Crippen molar-refractivity contribution in [2.75, 3.05) is 19.6 Å².